The normalized spacial score (nSPS) is 8.67. The zero-order chi connectivity index (χ0) is 9.40. The van der Waals surface area contributed by atoms with Crippen LogP contribution in [0.15, 0.2) is 38.0 Å². The van der Waals surface area contributed by atoms with Crippen LogP contribution in [0.2, 0.25) is 0 Å². The Kier molecular flexibility index (Phi) is 6.29. The molecule has 0 amide bonds. The Labute approximate surface area is 80.1 Å². The third-order valence-corrected chi connectivity index (χ3v) is 1.80. The highest BCUT2D eigenvalue weighted by atomic mass is 32.1. The number of hydrogen-bond acceptors (Lipinski definition) is 1. The summed E-state index contributed by atoms with van der Waals surface area (Å²) in [6.45, 7) is 12.5. The topological polar surface area (TPSA) is 3.24 Å². The number of nitrogens with zero attached hydrogens (tertiary/aromatic N) is 1. The molecule has 0 aliphatic heterocycles. The Morgan fingerprint density at radius 3 is 1.92 bits per heavy atom. The van der Waals surface area contributed by atoms with Gasteiger partial charge in [-0.25, -0.2) is 0 Å². The van der Waals surface area contributed by atoms with Gasteiger partial charge in [0, 0.05) is 19.5 Å². The third kappa shape index (κ3) is 4.09. The maximum Gasteiger partial charge on any atom is 0.0823 e. The molecule has 0 aromatic rings. The first-order chi connectivity index (χ1) is 5.76. The van der Waals surface area contributed by atoms with Crippen molar-refractivity contribution in [3.05, 3.63) is 38.0 Å². The van der Waals surface area contributed by atoms with Crippen molar-refractivity contribution in [1.82, 2.24) is 4.90 Å². The van der Waals surface area contributed by atoms with Gasteiger partial charge in [0.05, 0.1) is 4.99 Å². The molecular weight excluding hydrogens is 166 g/mol. The van der Waals surface area contributed by atoms with E-state index in [0.29, 0.717) is 0 Å². The van der Waals surface area contributed by atoms with Gasteiger partial charge in [-0.15, -0.1) is 19.7 Å². The van der Waals surface area contributed by atoms with Crippen LogP contribution in [0.1, 0.15) is 6.42 Å². The summed E-state index contributed by atoms with van der Waals surface area (Å²) in [6, 6.07) is 0. The molecule has 0 radical (unpaired) electrons. The first kappa shape index (κ1) is 11.1. The molecule has 0 aliphatic carbocycles. The molecule has 0 saturated heterocycles. The van der Waals surface area contributed by atoms with E-state index in [1.54, 1.807) is 0 Å². The van der Waals surface area contributed by atoms with Gasteiger partial charge in [0.2, 0.25) is 0 Å². The summed E-state index contributed by atoms with van der Waals surface area (Å²) in [6.07, 6.45) is 6.22. The summed E-state index contributed by atoms with van der Waals surface area (Å²) in [7, 11) is 0. The smallest absolute Gasteiger partial charge is 0.0823 e. The minimum absolute atomic E-state index is 0.747. The van der Waals surface area contributed by atoms with Crippen molar-refractivity contribution in [2.75, 3.05) is 13.1 Å². The Morgan fingerprint density at radius 2 is 1.58 bits per heavy atom. The van der Waals surface area contributed by atoms with E-state index in [4.69, 9.17) is 12.2 Å². The van der Waals surface area contributed by atoms with E-state index in [0.717, 1.165) is 24.5 Å². The van der Waals surface area contributed by atoms with Crippen molar-refractivity contribution < 1.29 is 0 Å². The van der Waals surface area contributed by atoms with Gasteiger partial charge in [-0.2, -0.15) is 0 Å². The SMILES string of the molecule is C=CCC(=S)N(CC=C)CC=C. The fourth-order valence-electron chi connectivity index (χ4n) is 0.842. The highest BCUT2D eigenvalue weighted by Gasteiger charge is 2.02. The van der Waals surface area contributed by atoms with E-state index < -0.39 is 0 Å². The summed E-state index contributed by atoms with van der Waals surface area (Å²) in [5.41, 5.74) is 0. The van der Waals surface area contributed by atoms with Crippen molar-refractivity contribution in [3.8, 4) is 0 Å². The maximum atomic E-state index is 5.16. The molecular formula is C10H15NS. The Balaban J connectivity index is 4.06. The maximum absolute atomic E-state index is 5.16. The van der Waals surface area contributed by atoms with Crippen molar-refractivity contribution in [3.63, 3.8) is 0 Å². The lowest BCUT2D eigenvalue weighted by Crippen LogP contribution is -2.29. The number of rotatable bonds is 6. The van der Waals surface area contributed by atoms with Crippen LogP contribution in [0.3, 0.4) is 0 Å². The van der Waals surface area contributed by atoms with E-state index >= 15 is 0 Å². The van der Waals surface area contributed by atoms with Gasteiger partial charge >= 0.3 is 0 Å². The van der Waals surface area contributed by atoms with Crippen molar-refractivity contribution >= 4 is 17.2 Å². The Bertz CT molecular complexity index is 174. The zero-order valence-corrected chi connectivity index (χ0v) is 8.15. The van der Waals surface area contributed by atoms with Crippen LogP contribution in [0.4, 0.5) is 0 Å². The second-order valence-electron chi connectivity index (χ2n) is 2.37. The van der Waals surface area contributed by atoms with E-state index in [-0.39, 0.29) is 0 Å². The molecule has 0 aromatic heterocycles. The highest BCUT2D eigenvalue weighted by molar-refractivity contribution is 7.80. The number of thiocarbonyl (C=S) groups is 1. The van der Waals surface area contributed by atoms with Crippen molar-refractivity contribution in [2.45, 2.75) is 6.42 Å². The molecule has 0 N–H and O–H groups in total. The van der Waals surface area contributed by atoms with E-state index in [2.05, 4.69) is 19.7 Å². The first-order valence-electron chi connectivity index (χ1n) is 3.86. The highest BCUT2D eigenvalue weighted by Crippen LogP contribution is 1.98. The van der Waals surface area contributed by atoms with Crippen LogP contribution < -0.4 is 0 Å². The lowest BCUT2D eigenvalue weighted by molar-refractivity contribution is 0.516. The van der Waals surface area contributed by atoms with Crippen molar-refractivity contribution in [2.24, 2.45) is 0 Å². The monoisotopic (exact) mass is 181 g/mol. The van der Waals surface area contributed by atoms with Crippen LogP contribution in [-0.4, -0.2) is 23.0 Å². The zero-order valence-electron chi connectivity index (χ0n) is 7.33. The van der Waals surface area contributed by atoms with Gasteiger partial charge in [0.1, 0.15) is 0 Å². The molecule has 0 unspecified atom stereocenters. The molecule has 0 atom stereocenters. The molecule has 0 rings (SSSR count). The minimum Gasteiger partial charge on any atom is -0.358 e. The van der Waals surface area contributed by atoms with E-state index in [1.807, 2.05) is 23.1 Å². The first-order valence-corrected chi connectivity index (χ1v) is 4.27. The quantitative estimate of drug-likeness (QED) is 0.457. The van der Waals surface area contributed by atoms with Crippen LogP contribution >= 0.6 is 12.2 Å². The molecule has 1 nitrogen and oxygen atoms in total. The summed E-state index contributed by atoms with van der Waals surface area (Å²) < 4.78 is 0. The average molecular weight is 181 g/mol. The Morgan fingerprint density at radius 1 is 1.08 bits per heavy atom. The lowest BCUT2D eigenvalue weighted by Gasteiger charge is -2.21. The molecule has 0 heterocycles. The van der Waals surface area contributed by atoms with Crippen molar-refractivity contribution in [1.29, 1.82) is 0 Å². The van der Waals surface area contributed by atoms with Gasteiger partial charge in [0.15, 0.2) is 0 Å². The number of hydrogen-bond donors (Lipinski definition) is 0. The summed E-state index contributed by atoms with van der Waals surface area (Å²) >= 11 is 5.16. The van der Waals surface area contributed by atoms with E-state index in [9.17, 15) is 0 Å². The molecule has 0 aliphatic rings. The fourth-order valence-corrected chi connectivity index (χ4v) is 1.11. The van der Waals surface area contributed by atoms with Gasteiger partial charge in [-0.3, -0.25) is 0 Å². The lowest BCUT2D eigenvalue weighted by atomic mass is 10.3. The molecule has 0 saturated carbocycles. The minimum atomic E-state index is 0.747. The summed E-state index contributed by atoms with van der Waals surface area (Å²) in [5.74, 6) is 0. The predicted molar refractivity (Wildman–Crippen MR) is 59.4 cm³/mol. The van der Waals surface area contributed by atoms with Crippen LogP contribution in [-0.2, 0) is 0 Å². The van der Waals surface area contributed by atoms with Gasteiger partial charge < -0.3 is 4.90 Å². The van der Waals surface area contributed by atoms with Crippen LogP contribution in [0.5, 0.6) is 0 Å². The fraction of sp³-hybridized carbons (Fsp3) is 0.300. The van der Waals surface area contributed by atoms with Crippen LogP contribution in [0, 0.1) is 0 Å². The predicted octanol–water partition coefficient (Wildman–Crippen LogP) is 2.56. The largest absolute Gasteiger partial charge is 0.358 e. The molecule has 0 spiro atoms. The standard InChI is InChI=1S/C10H15NS/c1-4-7-10(12)11(8-5-2)9-6-3/h4-6H,1-3,7-9H2. The third-order valence-electron chi connectivity index (χ3n) is 1.37. The van der Waals surface area contributed by atoms with E-state index in [1.165, 1.54) is 0 Å². The molecule has 0 aromatic carbocycles. The molecule has 66 valence electrons. The average Bonchev–Trinajstić information content (AvgIpc) is 2.04. The van der Waals surface area contributed by atoms with Gasteiger partial charge in [-0.05, 0) is 0 Å². The van der Waals surface area contributed by atoms with Gasteiger partial charge in [0.25, 0.3) is 0 Å². The molecule has 0 bridgehead atoms. The van der Waals surface area contributed by atoms with Gasteiger partial charge in [-0.1, -0.05) is 30.4 Å². The second-order valence-corrected chi connectivity index (χ2v) is 2.84. The molecule has 0 fully saturated rings. The summed E-state index contributed by atoms with van der Waals surface area (Å²) in [4.78, 5) is 2.93. The summed E-state index contributed by atoms with van der Waals surface area (Å²) in [5, 5.41) is 0. The van der Waals surface area contributed by atoms with Crippen LogP contribution in [0.25, 0.3) is 0 Å². The molecule has 2 heteroatoms. The Hall–Kier alpha value is -0.890. The second kappa shape index (κ2) is 6.80. The molecule has 12 heavy (non-hydrogen) atoms.